The predicted molar refractivity (Wildman–Crippen MR) is 96.8 cm³/mol. The Morgan fingerprint density at radius 1 is 0.960 bits per heavy atom. The van der Waals surface area contributed by atoms with E-state index in [-0.39, 0.29) is 5.91 Å². The number of carbonyl (C=O) groups excluding carboxylic acids is 1. The van der Waals surface area contributed by atoms with Crippen LogP contribution >= 0.6 is 0 Å². The molecule has 0 atom stereocenters. The second-order valence-corrected chi connectivity index (χ2v) is 5.38. The van der Waals surface area contributed by atoms with Gasteiger partial charge < -0.3 is 14.2 Å². The van der Waals surface area contributed by atoms with Gasteiger partial charge in [-0.05, 0) is 48.9 Å². The molecule has 6 heteroatoms. The van der Waals surface area contributed by atoms with Gasteiger partial charge in [0.1, 0.15) is 5.75 Å². The van der Waals surface area contributed by atoms with Crippen LogP contribution in [0.3, 0.4) is 0 Å². The van der Waals surface area contributed by atoms with Crippen molar-refractivity contribution in [1.29, 1.82) is 0 Å². The van der Waals surface area contributed by atoms with Crippen LogP contribution in [0.4, 0.5) is 0 Å². The highest BCUT2D eigenvalue weighted by atomic mass is 16.5. The smallest absolute Gasteiger partial charge is 0.271 e. The molecular weight excluding hydrogens is 320 g/mol. The lowest BCUT2D eigenvalue weighted by Crippen LogP contribution is -2.19. The molecule has 0 saturated carbocycles. The van der Waals surface area contributed by atoms with Crippen molar-refractivity contribution in [3.8, 4) is 17.2 Å². The molecule has 0 heterocycles. The maximum Gasteiger partial charge on any atom is 0.271 e. The van der Waals surface area contributed by atoms with E-state index in [0.717, 1.165) is 11.3 Å². The van der Waals surface area contributed by atoms with Gasteiger partial charge in [0, 0.05) is 17.7 Å². The Morgan fingerprint density at radius 2 is 1.64 bits per heavy atom. The Bertz CT molecular complexity index is 755. The third kappa shape index (κ3) is 4.97. The standard InChI is InChI=1S/C19H22N2O4/c1-13(11-14-5-10-17(24-3)18(12-14)25-4)20-21-19(22)15-6-8-16(23-2)9-7-15/h5-10,12H,11H2,1-4H3,(H,21,22)/b20-13-. The number of carbonyl (C=O) groups is 1. The van der Waals surface area contributed by atoms with Crippen LogP contribution in [-0.2, 0) is 6.42 Å². The van der Waals surface area contributed by atoms with Gasteiger partial charge in [0.25, 0.3) is 5.91 Å². The monoisotopic (exact) mass is 342 g/mol. The predicted octanol–water partition coefficient (Wildman–Crippen LogP) is 3.06. The molecule has 0 radical (unpaired) electrons. The molecule has 0 spiro atoms. The molecule has 0 saturated heterocycles. The van der Waals surface area contributed by atoms with Crippen LogP contribution in [0.1, 0.15) is 22.8 Å². The Labute approximate surface area is 147 Å². The zero-order valence-electron chi connectivity index (χ0n) is 14.8. The Balaban J connectivity index is 2.00. The zero-order valence-corrected chi connectivity index (χ0v) is 14.8. The maximum absolute atomic E-state index is 12.1. The molecule has 0 aliphatic carbocycles. The van der Waals surface area contributed by atoms with Crippen molar-refractivity contribution in [2.24, 2.45) is 5.10 Å². The van der Waals surface area contributed by atoms with Crippen LogP contribution in [0.2, 0.25) is 0 Å². The van der Waals surface area contributed by atoms with Crippen LogP contribution in [0.15, 0.2) is 47.6 Å². The molecule has 1 amide bonds. The number of methoxy groups -OCH3 is 3. The number of nitrogens with zero attached hydrogens (tertiary/aromatic N) is 1. The van der Waals surface area contributed by atoms with E-state index in [9.17, 15) is 4.79 Å². The van der Waals surface area contributed by atoms with Crippen molar-refractivity contribution in [1.82, 2.24) is 5.43 Å². The summed E-state index contributed by atoms with van der Waals surface area (Å²) in [6.07, 6.45) is 0.587. The number of hydrogen-bond acceptors (Lipinski definition) is 5. The summed E-state index contributed by atoms with van der Waals surface area (Å²) >= 11 is 0. The summed E-state index contributed by atoms with van der Waals surface area (Å²) < 4.78 is 15.6. The first-order chi connectivity index (χ1) is 12.1. The van der Waals surface area contributed by atoms with Gasteiger partial charge in [-0.1, -0.05) is 6.07 Å². The molecule has 132 valence electrons. The van der Waals surface area contributed by atoms with E-state index in [0.29, 0.717) is 29.2 Å². The Hall–Kier alpha value is -3.02. The number of hydrogen-bond donors (Lipinski definition) is 1. The van der Waals surface area contributed by atoms with Gasteiger partial charge in [0.05, 0.1) is 21.3 Å². The fraction of sp³-hybridized carbons (Fsp3) is 0.263. The van der Waals surface area contributed by atoms with Gasteiger partial charge in [-0.15, -0.1) is 0 Å². The first kappa shape index (κ1) is 18.3. The van der Waals surface area contributed by atoms with Crippen molar-refractivity contribution in [2.75, 3.05) is 21.3 Å². The summed E-state index contributed by atoms with van der Waals surface area (Å²) in [4.78, 5) is 12.1. The number of ether oxygens (including phenoxy) is 3. The van der Waals surface area contributed by atoms with E-state index < -0.39 is 0 Å². The largest absolute Gasteiger partial charge is 0.497 e. The quantitative estimate of drug-likeness (QED) is 0.620. The average molecular weight is 342 g/mol. The molecule has 25 heavy (non-hydrogen) atoms. The number of amides is 1. The summed E-state index contributed by atoms with van der Waals surface area (Å²) in [7, 11) is 4.77. The molecule has 6 nitrogen and oxygen atoms in total. The molecule has 0 aliphatic rings. The summed E-state index contributed by atoms with van der Waals surface area (Å²) in [5.41, 5.74) is 4.86. The van der Waals surface area contributed by atoms with Crippen molar-refractivity contribution in [3.63, 3.8) is 0 Å². The van der Waals surface area contributed by atoms with Gasteiger partial charge in [-0.25, -0.2) is 5.43 Å². The van der Waals surface area contributed by atoms with Crippen molar-refractivity contribution < 1.29 is 19.0 Å². The summed E-state index contributed by atoms with van der Waals surface area (Å²) in [6.45, 7) is 1.85. The minimum atomic E-state index is -0.269. The van der Waals surface area contributed by atoms with E-state index in [4.69, 9.17) is 14.2 Å². The molecule has 0 fully saturated rings. The average Bonchev–Trinajstić information content (AvgIpc) is 2.66. The molecule has 2 aromatic carbocycles. The highest BCUT2D eigenvalue weighted by Gasteiger charge is 2.07. The number of nitrogens with one attached hydrogen (secondary N) is 1. The van der Waals surface area contributed by atoms with E-state index in [1.165, 1.54) is 0 Å². The van der Waals surface area contributed by atoms with Crippen LogP contribution < -0.4 is 19.6 Å². The lowest BCUT2D eigenvalue weighted by atomic mass is 10.1. The molecule has 2 aromatic rings. The highest BCUT2D eigenvalue weighted by molar-refractivity contribution is 5.95. The van der Waals surface area contributed by atoms with Crippen molar-refractivity contribution >= 4 is 11.6 Å². The van der Waals surface area contributed by atoms with Gasteiger partial charge in [0.2, 0.25) is 0 Å². The number of hydrazone groups is 1. The summed E-state index contributed by atoms with van der Waals surface area (Å²) in [6, 6.07) is 12.5. The molecular formula is C19H22N2O4. The molecule has 0 bridgehead atoms. The molecule has 0 aromatic heterocycles. The minimum Gasteiger partial charge on any atom is -0.497 e. The Kier molecular flexibility index (Phi) is 6.39. The van der Waals surface area contributed by atoms with Gasteiger partial charge in [0.15, 0.2) is 11.5 Å². The fourth-order valence-corrected chi connectivity index (χ4v) is 2.28. The van der Waals surface area contributed by atoms with Crippen LogP contribution in [-0.4, -0.2) is 32.9 Å². The van der Waals surface area contributed by atoms with Crippen molar-refractivity contribution in [3.05, 3.63) is 53.6 Å². The van der Waals surface area contributed by atoms with E-state index in [1.807, 2.05) is 25.1 Å². The lowest BCUT2D eigenvalue weighted by Gasteiger charge is -2.09. The normalized spacial score (nSPS) is 11.0. The zero-order chi connectivity index (χ0) is 18.2. The molecule has 1 N–H and O–H groups in total. The lowest BCUT2D eigenvalue weighted by molar-refractivity contribution is 0.0954. The second-order valence-electron chi connectivity index (χ2n) is 5.38. The van der Waals surface area contributed by atoms with Gasteiger partial charge >= 0.3 is 0 Å². The second kappa shape index (κ2) is 8.73. The Morgan fingerprint density at radius 3 is 2.24 bits per heavy atom. The molecule has 2 rings (SSSR count). The SMILES string of the molecule is COc1ccc(C(=O)N/N=C(/C)Cc2ccc(OC)c(OC)c2)cc1. The third-order valence-corrected chi connectivity index (χ3v) is 3.61. The topological polar surface area (TPSA) is 69.2 Å². The van der Waals surface area contributed by atoms with E-state index in [1.54, 1.807) is 45.6 Å². The molecule has 0 aliphatic heterocycles. The van der Waals surface area contributed by atoms with Gasteiger partial charge in [-0.2, -0.15) is 5.10 Å². The first-order valence-corrected chi connectivity index (χ1v) is 7.75. The highest BCUT2D eigenvalue weighted by Crippen LogP contribution is 2.27. The number of benzene rings is 2. The van der Waals surface area contributed by atoms with E-state index >= 15 is 0 Å². The van der Waals surface area contributed by atoms with E-state index in [2.05, 4.69) is 10.5 Å². The van der Waals surface area contributed by atoms with Crippen LogP contribution in [0.5, 0.6) is 17.2 Å². The minimum absolute atomic E-state index is 0.269. The first-order valence-electron chi connectivity index (χ1n) is 7.75. The molecule has 0 unspecified atom stereocenters. The third-order valence-electron chi connectivity index (χ3n) is 3.61. The number of rotatable bonds is 7. The maximum atomic E-state index is 12.1. The summed E-state index contributed by atoms with van der Waals surface area (Å²) in [5.74, 6) is 1.77. The van der Waals surface area contributed by atoms with Crippen LogP contribution in [0.25, 0.3) is 0 Å². The van der Waals surface area contributed by atoms with Gasteiger partial charge in [-0.3, -0.25) is 4.79 Å². The van der Waals surface area contributed by atoms with Crippen molar-refractivity contribution in [2.45, 2.75) is 13.3 Å². The summed E-state index contributed by atoms with van der Waals surface area (Å²) in [5, 5.41) is 4.15. The fourth-order valence-electron chi connectivity index (χ4n) is 2.28. The van der Waals surface area contributed by atoms with Crippen LogP contribution in [0, 0.1) is 0 Å².